The molecule has 0 bridgehead atoms. The summed E-state index contributed by atoms with van der Waals surface area (Å²) in [6.45, 7) is 3.87. The predicted octanol–water partition coefficient (Wildman–Crippen LogP) is 3.95. The molecule has 0 unspecified atom stereocenters. The van der Waals surface area contributed by atoms with Gasteiger partial charge in [0.2, 0.25) is 0 Å². The van der Waals surface area contributed by atoms with E-state index >= 15 is 0 Å². The molecule has 0 radical (unpaired) electrons. The Hall–Kier alpha value is -4.53. The summed E-state index contributed by atoms with van der Waals surface area (Å²) in [7, 11) is 1.57. The summed E-state index contributed by atoms with van der Waals surface area (Å²) in [5.74, 6) is 1.42. The first-order chi connectivity index (χ1) is 17.5. The number of nitrogens with one attached hydrogen (secondary N) is 2. The summed E-state index contributed by atoms with van der Waals surface area (Å²) in [4.78, 5) is 24.2. The maximum absolute atomic E-state index is 12.2. The number of ether oxygens (including phenoxy) is 4. The van der Waals surface area contributed by atoms with Crippen LogP contribution in [0.1, 0.15) is 18.1 Å². The SMILES string of the molecule is CCOc1cc(/C=N/NC(=O)COc2ccc(OC)cc2)ccc1OCC(=O)Nc1ccc(C)cc1. The molecule has 3 rings (SSSR count). The first kappa shape index (κ1) is 26.1. The minimum Gasteiger partial charge on any atom is -0.497 e. The summed E-state index contributed by atoms with van der Waals surface area (Å²) < 4.78 is 21.8. The number of anilines is 1. The van der Waals surface area contributed by atoms with Crippen LogP contribution in [0.15, 0.2) is 71.8 Å². The Labute approximate surface area is 210 Å². The number of nitrogens with zero attached hydrogens (tertiary/aromatic N) is 1. The Kier molecular flexibility index (Phi) is 9.69. The van der Waals surface area contributed by atoms with E-state index in [2.05, 4.69) is 15.8 Å². The van der Waals surface area contributed by atoms with Gasteiger partial charge in [0, 0.05) is 5.69 Å². The summed E-state index contributed by atoms with van der Waals surface area (Å²) in [5, 5.41) is 6.74. The first-order valence-electron chi connectivity index (χ1n) is 11.3. The third-order valence-corrected chi connectivity index (χ3v) is 4.79. The van der Waals surface area contributed by atoms with Gasteiger partial charge in [0.15, 0.2) is 24.7 Å². The van der Waals surface area contributed by atoms with Gasteiger partial charge in [-0.15, -0.1) is 0 Å². The fraction of sp³-hybridized carbons (Fsp3) is 0.222. The van der Waals surface area contributed by atoms with Crippen LogP contribution < -0.4 is 29.7 Å². The Morgan fingerprint density at radius 3 is 2.22 bits per heavy atom. The minimum absolute atomic E-state index is 0.175. The summed E-state index contributed by atoms with van der Waals surface area (Å²) in [5.41, 5.74) is 4.89. The van der Waals surface area contributed by atoms with Gasteiger partial charge in [0.25, 0.3) is 11.8 Å². The normalized spacial score (nSPS) is 10.5. The summed E-state index contributed by atoms with van der Waals surface area (Å²) in [6.07, 6.45) is 1.47. The van der Waals surface area contributed by atoms with E-state index in [1.54, 1.807) is 49.6 Å². The van der Waals surface area contributed by atoms with Gasteiger partial charge in [-0.1, -0.05) is 17.7 Å². The van der Waals surface area contributed by atoms with E-state index in [1.807, 2.05) is 38.1 Å². The Morgan fingerprint density at radius 1 is 0.833 bits per heavy atom. The van der Waals surface area contributed by atoms with Crippen molar-refractivity contribution in [3.63, 3.8) is 0 Å². The number of hydrogen-bond acceptors (Lipinski definition) is 7. The fourth-order valence-corrected chi connectivity index (χ4v) is 3.00. The van der Waals surface area contributed by atoms with E-state index in [-0.39, 0.29) is 19.1 Å². The molecule has 0 saturated heterocycles. The van der Waals surface area contributed by atoms with Crippen molar-refractivity contribution in [2.24, 2.45) is 5.10 Å². The molecule has 0 atom stereocenters. The van der Waals surface area contributed by atoms with Crippen LogP contribution in [0.2, 0.25) is 0 Å². The van der Waals surface area contributed by atoms with Crippen molar-refractivity contribution >= 4 is 23.7 Å². The standard InChI is InChI=1S/C27H29N3O6/c1-4-34-25-15-20(16-28-30-27(32)18-35-23-12-10-22(33-3)11-13-23)7-14-24(25)36-17-26(31)29-21-8-5-19(2)6-9-21/h5-16H,4,17-18H2,1-3H3,(H,29,31)(H,30,32)/b28-16+. The number of aryl methyl sites for hydroxylation is 1. The highest BCUT2D eigenvalue weighted by Crippen LogP contribution is 2.28. The molecule has 0 aromatic heterocycles. The molecule has 36 heavy (non-hydrogen) atoms. The van der Waals surface area contributed by atoms with Crippen LogP contribution in [0.3, 0.4) is 0 Å². The third-order valence-electron chi connectivity index (χ3n) is 4.79. The van der Waals surface area contributed by atoms with Crippen LogP contribution in [0.4, 0.5) is 5.69 Å². The molecule has 9 heteroatoms. The highest BCUT2D eigenvalue weighted by Gasteiger charge is 2.10. The second-order valence-electron chi connectivity index (χ2n) is 7.60. The van der Waals surface area contributed by atoms with Gasteiger partial charge in [0.05, 0.1) is 19.9 Å². The molecule has 3 aromatic rings. The average molecular weight is 492 g/mol. The highest BCUT2D eigenvalue weighted by molar-refractivity contribution is 5.92. The molecule has 0 heterocycles. The van der Waals surface area contributed by atoms with Gasteiger partial charge in [-0.2, -0.15) is 5.10 Å². The van der Waals surface area contributed by atoms with Crippen molar-refractivity contribution in [3.8, 4) is 23.0 Å². The van der Waals surface area contributed by atoms with Crippen molar-refractivity contribution < 1.29 is 28.5 Å². The minimum atomic E-state index is -0.411. The number of amides is 2. The second kappa shape index (κ2) is 13.4. The fourth-order valence-electron chi connectivity index (χ4n) is 3.00. The molecule has 188 valence electrons. The van der Waals surface area contributed by atoms with E-state index in [0.29, 0.717) is 40.9 Å². The van der Waals surface area contributed by atoms with Gasteiger partial charge in [-0.3, -0.25) is 9.59 Å². The number of carbonyl (C=O) groups is 2. The molecule has 3 aromatic carbocycles. The van der Waals surface area contributed by atoms with Crippen molar-refractivity contribution in [1.82, 2.24) is 5.43 Å². The Morgan fingerprint density at radius 2 is 1.53 bits per heavy atom. The van der Waals surface area contributed by atoms with Gasteiger partial charge in [-0.25, -0.2) is 5.43 Å². The molecule has 2 N–H and O–H groups in total. The largest absolute Gasteiger partial charge is 0.497 e. The zero-order valence-electron chi connectivity index (χ0n) is 20.4. The van der Waals surface area contributed by atoms with Crippen molar-refractivity contribution in [2.45, 2.75) is 13.8 Å². The van der Waals surface area contributed by atoms with Crippen LogP contribution in [-0.4, -0.2) is 45.0 Å². The van der Waals surface area contributed by atoms with E-state index < -0.39 is 5.91 Å². The molecule has 2 amide bonds. The van der Waals surface area contributed by atoms with Gasteiger partial charge in [0.1, 0.15) is 11.5 Å². The van der Waals surface area contributed by atoms with Crippen molar-refractivity contribution in [2.75, 3.05) is 32.2 Å². The molecule has 0 spiro atoms. The smallest absolute Gasteiger partial charge is 0.277 e. The van der Waals surface area contributed by atoms with E-state index in [1.165, 1.54) is 6.21 Å². The predicted molar refractivity (Wildman–Crippen MR) is 137 cm³/mol. The number of rotatable bonds is 12. The highest BCUT2D eigenvalue weighted by atomic mass is 16.5. The van der Waals surface area contributed by atoms with E-state index in [4.69, 9.17) is 18.9 Å². The molecule has 0 saturated carbocycles. The topological polar surface area (TPSA) is 107 Å². The molecule has 0 aliphatic heterocycles. The summed E-state index contributed by atoms with van der Waals surface area (Å²) in [6, 6.07) is 19.5. The van der Waals surface area contributed by atoms with E-state index in [9.17, 15) is 9.59 Å². The number of hydrazone groups is 1. The summed E-state index contributed by atoms with van der Waals surface area (Å²) >= 11 is 0. The lowest BCUT2D eigenvalue weighted by Gasteiger charge is -2.12. The lowest BCUT2D eigenvalue weighted by atomic mass is 10.2. The van der Waals surface area contributed by atoms with Crippen molar-refractivity contribution in [1.29, 1.82) is 0 Å². The maximum atomic E-state index is 12.2. The Bertz CT molecular complexity index is 1180. The molecular formula is C27H29N3O6. The van der Waals surface area contributed by atoms with E-state index in [0.717, 1.165) is 5.56 Å². The zero-order chi connectivity index (χ0) is 25.8. The monoisotopic (exact) mass is 491 g/mol. The quantitative estimate of drug-likeness (QED) is 0.294. The zero-order valence-corrected chi connectivity index (χ0v) is 20.4. The van der Waals surface area contributed by atoms with Gasteiger partial charge < -0.3 is 24.3 Å². The van der Waals surface area contributed by atoms with Crippen molar-refractivity contribution in [3.05, 3.63) is 77.9 Å². The number of methoxy groups -OCH3 is 1. The number of carbonyl (C=O) groups excluding carboxylic acids is 2. The molecule has 9 nitrogen and oxygen atoms in total. The lowest BCUT2D eigenvalue weighted by Crippen LogP contribution is -2.24. The number of hydrogen-bond donors (Lipinski definition) is 2. The van der Waals surface area contributed by atoms with Crippen LogP contribution in [0.25, 0.3) is 0 Å². The molecular weight excluding hydrogens is 462 g/mol. The molecule has 0 fully saturated rings. The van der Waals surface area contributed by atoms with Gasteiger partial charge in [-0.05, 0) is 74.0 Å². The van der Waals surface area contributed by atoms with Crippen LogP contribution in [0, 0.1) is 6.92 Å². The Balaban J connectivity index is 1.50. The average Bonchev–Trinajstić information content (AvgIpc) is 2.89. The number of benzene rings is 3. The molecule has 0 aliphatic carbocycles. The maximum Gasteiger partial charge on any atom is 0.277 e. The second-order valence-corrected chi connectivity index (χ2v) is 7.60. The lowest BCUT2D eigenvalue weighted by molar-refractivity contribution is -0.123. The third kappa shape index (κ3) is 8.35. The van der Waals surface area contributed by atoms with Crippen LogP contribution >= 0.6 is 0 Å². The molecule has 0 aliphatic rings. The van der Waals surface area contributed by atoms with Crippen LogP contribution in [0.5, 0.6) is 23.0 Å². The van der Waals surface area contributed by atoms with Gasteiger partial charge >= 0.3 is 0 Å². The first-order valence-corrected chi connectivity index (χ1v) is 11.3. The van der Waals surface area contributed by atoms with Crippen LogP contribution in [-0.2, 0) is 9.59 Å².